The standard InChI is InChI=1S/C21H34O2/c1-3-5-6-7-8-9-10-11-12-18-21(22)23-20-17-14-13-16-19(20)15-4-2/h13-14,16-17H,3-12,15,18H2,1-2H3. The van der Waals surface area contributed by atoms with Gasteiger partial charge >= 0.3 is 5.97 Å². The molecule has 0 N–H and O–H groups in total. The Bertz CT molecular complexity index is 426. The van der Waals surface area contributed by atoms with Crippen molar-refractivity contribution in [3.05, 3.63) is 29.8 Å². The number of unbranched alkanes of at least 4 members (excludes halogenated alkanes) is 8. The third-order valence-corrected chi connectivity index (χ3v) is 4.20. The van der Waals surface area contributed by atoms with Crippen molar-refractivity contribution in [3.8, 4) is 5.75 Å². The second-order valence-corrected chi connectivity index (χ2v) is 6.41. The van der Waals surface area contributed by atoms with Crippen LogP contribution in [0.2, 0.25) is 0 Å². The van der Waals surface area contributed by atoms with E-state index in [4.69, 9.17) is 4.74 Å². The summed E-state index contributed by atoms with van der Waals surface area (Å²) in [4.78, 5) is 12.0. The molecule has 23 heavy (non-hydrogen) atoms. The molecule has 0 aliphatic heterocycles. The zero-order valence-corrected chi connectivity index (χ0v) is 15.1. The minimum atomic E-state index is -0.0866. The van der Waals surface area contributed by atoms with Crippen molar-refractivity contribution >= 4 is 5.97 Å². The van der Waals surface area contributed by atoms with Crippen molar-refractivity contribution < 1.29 is 9.53 Å². The van der Waals surface area contributed by atoms with E-state index >= 15 is 0 Å². The van der Waals surface area contributed by atoms with E-state index in [0.717, 1.165) is 37.0 Å². The number of rotatable bonds is 13. The van der Waals surface area contributed by atoms with Gasteiger partial charge in [0, 0.05) is 6.42 Å². The first-order valence-corrected chi connectivity index (χ1v) is 9.56. The largest absolute Gasteiger partial charge is 0.426 e. The normalized spacial score (nSPS) is 10.7. The van der Waals surface area contributed by atoms with E-state index in [9.17, 15) is 4.79 Å². The van der Waals surface area contributed by atoms with Crippen LogP contribution in [0, 0.1) is 0 Å². The summed E-state index contributed by atoms with van der Waals surface area (Å²) in [5.41, 5.74) is 1.13. The lowest BCUT2D eigenvalue weighted by Crippen LogP contribution is -2.09. The molecule has 1 rings (SSSR count). The maximum absolute atomic E-state index is 12.0. The molecule has 0 saturated carbocycles. The fourth-order valence-corrected chi connectivity index (χ4v) is 2.83. The van der Waals surface area contributed by atoms with Gasteiger partial charge in [-0.15, -0.1) is 0 Å². The summed E-state index contributed by atoms with van der Waals surface area (Å²) in [6.07, 6.45) is 13.9. The summed E-state index contributed by atoms with van der Waals surface area (Å²) in [7, 11) is 0. The predicted molar refractivity (Wildman–Crippen MR) is 97.9 cm³/mol. The molecule has 0 amide bonds. The second-order valence-electron chi connectivity index (χ2n) is 6.41. The highest BCUT2D eigenvalue weighted by Crippen LogP contribution is 2.20. The average Bonchev–Trinajstić information content (AvgIpc) is 2.55. The molecule has 0 radical (unpaired) electrons. The molecule has 0 spiro atoms. The Balaban J connectivity index is 2.11. The number of carbonyl (C=O) groups is 1. The van der Waals surface area contributed by atoms with E-state index in [1.165, 1.54) is 44.9 Å². The smallest absolute Gasteiger partial charge is 0.311 e. The number of carbonyl (C=O) groups excluding carboxylic acids is 1. The van der Waals surface area contributed by atoms with Crippen molar-refractivity contribution in [1.29, 1.82) is 0 Å². The maximum atomic E-state index is 12.0. The minimum absolute atomic E-state index is 0.0866. The molecule has 2 nitrogen and oxygen atoms in total. The van der Waals surface area contributed by atoms with Crippen molar-refractivity contribution in [2.45, 2.75) is 90.9 Å². The zero-order valence-electron chi connectivity index (χ0n) is 15.1. The van der Waals surface area contributed by atoms with E-state index in [-0.39, 0.29) is 5.97 Å². The Labute approximate surface area is 142 Å². The monoisotopic (exact) mass is 318 g/mol. The number of ether oxygens (including phenoxy) is 1. The van der Waals surface area contributed by atoms with Gasteiger partial charge in [-0.1, -0.05) is 89.8 Å². The summed E-state index contributed by atoms with van der Waals surface area (Å²) < 4.78 is 5.53. The third-order valence-electron chi connectivity index (χ3n) is 4.20. The summed E-state index contributed by atoms with van der Waals surface area (Å²) in [6.45, 7) is 4.39. The average molecular weight is 319 g/mol. The third kappa shape index (κ3) is 9.43. The second kappa shape index (κ2) is 13.2. The lowest BCUT2D eigenvalue weighted by Gasteiger charge is -2.09. The van der Waals surface area contributed by atoms with Crippen LogP contribution < -0.4 is 4.74 Å². The Morgan fingerprint density at radius 2 is 1.43 bits per heavy atom. The zero-order chi connectivity index (χ0) is 16.8. The molecule has 2 heteroatoms. The number of hydrogen-bond donors (Lipinski definition) is 0. The van der Waals surface area contributed by atoms with E-state index in [1.807, 2.05) is 24.3 Å². The van der Waals surface area contributed by atoms with E-state index in [2.05, 4.69) is 13.8 Å². The highest BCUT2D eigenvalue weighted by molar-refractivity contribution is 5.72. The number of esters is 1. The predicted octanol–water partition coefficient (Wildman–Crippen LogP) is 6.47. The molecule has 1 aromatic rings. The molecule has 0 saturated heterocycles. The van der Waals surface area contributed by atoms with Crippen LogP contribution in [0.5, 0.6) is 5.75 Å². The van der Waals surface area contributed by atoms with E-state index in [1.54, 1.807) is 0 Å². The summed E-state index contributed by atoms with van der Waals surface area (Å²) in [5, 5.41) is 0. The Hall–Kier alpha value is -1.31. The molecule has 0 fully saturated rings. The van der Waals surface area contributed by atoms with Crippen LogP contribution in [0.25, 0.3) is 0 Å². The topological polar surface area (TPSA) is 26.3 Å². The quantitative estimate of drug-likeness (QED) is 0.237. The molecular weight excluding hydrogens is 284 g/mol. The first kappa shape index (κ1) is 19.7. The fourth-order valence-electron chi connectivity index (χ4n) is 2.83. The van der Waals surface area contributed by atoms with Crippen molar-refractivity contribution in [2.75, 3.05) is 0 Å². The summed E-state index contributed by atoms with van der Waals surface area (Å²) in [5.74, 6) is 0.659. The molecule has 0 aliphatic rings. The Kier molecular flexibility index (Phi) is 11.3. The Morgan fingerprint density at radius 3 is 2.09 bits per heavy atom. The lowest BCUT2D eigenvalue weighted by molar-refractivity contribution is -0.134. The maximum Gasteiger partial charge on any atom is 0.311 e. The van der Waals surface area contributed by atoms with Crippen LogP contribution in [-0.2, 0) is 11.2 Å². The molecule has 0 heterocycles. The van der Waals surface area contributed by atoms with Crippen LogP contribution >= 0.6 is 0 Å². The van der Waals surface area contributed by atoms with Gasteiger partial charge in [-0.05, 0) is 24.5 Å². The SMILES string of the molecule is CCCCCCCCCCCC(=O)Oc1ccccc1CCC. The molecule has 0 unspecified atom stereocenters. The van der Waals surface area contributed by atoms with Crippen LogP contribution in [0.4, 0.5) is 0 Å². The van der Waals surface area contributed by atoms with Gasteiger partial charge in [0.05, 0.1) is 0 Å². The molecule has 0 aliphatic carbocycles. The van der Waals surface area contributed by atoms with Gasteiger partial charge in [-0.25, -0.2) is 0 Å². The molecule has 130 valence electrons. The van der Waals surface area contributed by atoms with Gasteiger partial charge in [-0.3, -0.25) is 4.79 Å². The van der Waals surface area contributed by atoms with Gasteiger partial charge < -0.3 is 4.74 Å². The first-order chi connectivity index (χ1) is 11.3. The van der Waals surface area contributed by atoms with Crippen molar-refractivity contribution in [3.63, 3.8) is 0 Å². The first-order valence-electron chi connectivity index (χ1n) is 9.56. The van der Waals surface area contributed by atoms with Gasteiger partial charge in [0.15, 0.2) is 0 Å². The summed E-state index contributed by atoms with van der Waals surface area (Å²) in [6, 6.07) is 7.88. The molecule has 1 aromatic carbocycles. The lowest BCUT2D eigenvalue weighted by atomic mass is 10.1. The molecule has 0 bridgehead atoms. The van der Waals surface area contributed by atoms with Crippen LogP contribution in [0.3, 0.4) is 0 Å². The number of hydrogen-bond acceptors (Lipinski definition) is 2. The van der Waals surface area contributed by atoms with E-state index in [0.29, 0.717) is 6.42 Å². The van der Waals surface area contributed by atoms with Crippen LogP contribution in [-0.4, -0.2) is 5.97 Å². The van der Waals surface area contributed by atoms with Crippen LogP contribution in [0.15, 0.2) is 24.3 Å². The van der Waals surface area contributed by atoms with Crippen LogP contribution in [0.1, 0.15) is 90.0 Å². The van der Waals surface area contributed by atoms with Crippen molar-refractivity contribution in [1.82, 2.24) is 0 Å². The fraction of sp³-hybridized carbons (Fsp3) is 0.667. The highest BCUT2D eigenvalue weighted by Gasteiger charge is 2.08. The highest BCUT2D eigenvalue weighted by atomic mass is 16.5. The molecular formula is C21H34O2. The summed E-state index contributed by atoms with van der Waals surface area (Å²) >= 11 is 0. The van der Waals surface area contributed by atoms with E-state index < -0.39 is 0 Å². The van der Waals surface area contributed by atoms with Crippen molar-refractivity contribution in [2.24, 2.45) is 0 Å². The van der Waals surface area contributed by atoms with Gasteiger partial charge in [0.1, 0.15) is 5.75 Å². The van der Waals surface area contributed by atoms with Gasteiger partial charge in [-0.2, -0.15) is 0 Å². The van der Waals surface area contributed by atoms with Gasteiger partial charge in [0.2, 0.25) is 0 Å². The minimum Gasteiger partial charge on any atom is -0.426 e. The van der Waals surface area contributed by atoms with Gasteiger partial charge in [0.25, 0.3) is 0 Å². The molecule has 0 aromatic heterocycles. The molecule has 0 atom stereocenters. The number of benzene rings is 1. The Morgan fingerprint density at radius 1 is 0.826 bits per heavy atom. The number of aryl methyl sites for hydroxylation is 1. The number of para-hydroxylation sites is 1.